The maximum Gasteiger partial charge on any atom is 0.245 e. The van der Waals surface area contributed by atoms with Crippen molar-refractivity contribution in [1.82, 2.24) is 10.2 Å². The van der Waals surface area contributed by atoms with Gasteiger partial charge in [0.2, 0.25) is 17.7 Å². The van der Waals surface area contributed by atoms with Crippen LogP contribution in [0.3, 0.4) is 0 Å². The second-order valence-electron chi connectivity index (χ2n) is 12.3. The lowest BCUT2D eigenvalue weighted by molar-refractivity contribution is -0.137. The molecule has 0 aromatic carbocycles. The first-order valence-corrected chi connectivity index (χ1v) is 17.8. The lowest BCUT2D eigenvalue weighted by atomic mass is 10.0. The summed E-state index contributed by atoms with van der Waals surface area (Å²) in [6.45, 7) is 8.07. The number of primary amides is 1. The summed E-state index contributed by atoms with van der Waals surface area (Å²) in [6, 6.07) is -0.663. The van der Waals surface area contributed by atoms with Gasteiger partial charge in [-0.15, -0.1) is 0 Å². The zero-order valence-electron chi connectivity index (χ0n) is 27.6. The molecule has 242 valence electrons. The molecule has 0 fully saturated rings. The Labute approximate surface area is 254 Å². The molecule has 0 aliphatic rings. The summed E-state index contributed by atoms with van der Waals surface area (Å²) in [5.74, 6) is -0.569. The molecule has 1 atom stereocenters. The number of amides is 3. The van der Waals surface area contributed by atoms with Crippen molar-refractivity contribution in [3.63, 3.8) is 0 Å². The van der Waals surface area contributed by atoms with Crippen LogP contribution in [0.15, 0.2) is 0 Å². The van der Waals surface area contributed by atoms with Crippen LogP contribution in [0.5, 0.6) is 0 Å². The minimum atomic E-state index is -0.663. The summed E-state index contributed by atoms with van der Waals surface area (Å²) in [5.41, 5.74) is 5.40. The first kappa shape index (κ1) is 39.4. The number of hydrogen-bond donors (Lipinski definition) is 2. The number of carbonyl (C=O) groups is 3. The zero-order valence-corrected chi connectivity index (χ0v) is 27.6. The third kappa shape index (κ3) is 25.8. The number of carbonyl (C=O) groups excluding carboxylic acids is 3. The number of nitrogens with zero attached hydrogens (tertiary/aromatic N) is 1. The highest BCUT2D eigenvalue weighted by Gasteiger charge is 2.26. The molecule has 41 heavy (non-hydrogen) atoms. The average Bonchev–Trinajstić information content (AvgIpc) is 2.96. The van der Waals surface area contributed by atoms with Gasteiger partial charge in [0.15, 0.2) is 0 Å². The highest BCUT2D eigenvalue weighted by molar-refractivity contribution is 5.88. The van der Waals surface area contributed by atoms with E-state index in [4.69, 9.17) is 5.73 Å². The first-order chi connectivity index (χ1) is 20.0. The Bertz CT molecular complexity index is 614. The van der Waals surface area contributed by atoms with Crippen LogP contribution < -0.4 is 11.1 Å². The van der Waals surface area contributed by atoms with Crippen LogP contribution >= 0.6 is 0 Å². The van der Waals surface area contributed by atoms with E-state index in [1.807, 2.05) is 4.90 Å². The number of nitrogens with one attached hydrogen (secondary N) is 1. The molecule has 0 heterocycles. The summed E-state index contributed by atoms with van der Waals surface area (Å²) < 4.78 is 0. The van der Waals surface area contributed by atoms with E-state index >= 15 is 0 Å². The Morgan fingerprint density at radius 3 is 1.29 bits per heavy atom. The Morgan fingerprint density at radius 1 is 0.537 bits per heavy atom. The second kappa shape index (κ2) is 29.9. The molecule has 0 bridgehead atoms. The van der Waals surface area contributed by atoms with Crippen molar-refractivity contribution in [1.29, 1.82) is 0 Å². The lowest BCUT2D eigenvalue weighted by Gasteiger charge is -2.28. The summed E-state index contributed by atoms with van der Waals surface area (Å²) in [7, 11) is 0. The van der Waals surface area contributed by atoms with Gasteiger partial charge in [-0.2, -0.15) is 0 Å². The van der Waals surface area contributed by atoms with Crippen molar-refractivity contribution in [2.75, 3.05) is 13.1 Å². The average molecular weight is 580 g/mol. The molecule has 0 saturated carbocycles. The molecule has 6 nitrogen and oxygen atoms in total. The molecule has 3 amide bonds. The molecule has 0 aliphatic heterocycles. The van der Waals surface area contributed by atoms with E-state index < -0.39 is 11.9 Å². The van der Waals surface area contributed by atoms with Crippen molar-refractivity contribution < 1.29 is 14.4 Å². The summed E-state index contributed by atoms with van der Waals surface area (Å²) in [5, 5.41) is 2.97. The zero-order chi connectivity index (χ0) is 30.4. The van der Waals surface area contributed by atoms with E-state index in [-0.39, 0.29) is 24.7 Å². The standard InChI is InChI=1S/C35H69N3O3/c1-4-7-10-13-14-15-16-17-18-19-20-21-22-23-24-27-34(40)37-32(28-29-33(36)39)35(41)38(30-25-11-8-5-2)31-26-12-9-6-3/h32H,4-31H2,1-3H3,(H2,36,39)(H,37,40)/t32-/m0/s1. The number of hydrogen-bond acceptors (Lipinski definition) is 3. The fourth-order valence-corrected chi connectivity index (χ4v) is 5.48. The van der Waals surface area contributed by atoms with E-state index in [1.54, 1.807) is 0 Å². The SMILES string of the molecule is CCCCCCCCCCCCCCCCCC(=O)N[C@@H](CCC(N)=O)C(=O)N(CCCCCC)CCCCCC. The molecule has 0 unspecified atom stereocenters. The molecule has 3 N–H and O–H groups in total. The monoisotopic (exact) mass is 580 g/mol. The maximum absolute atomic E-state index is 13.5. The highest BCUT2D eigenvalue weighted by Crippen LogP contribution is 2.14. The van der Waals surface area contributed by atoms with Gasteiger partial charge < -0.3 is 16.0 Å². The van der Waals surface area contributed by atoms with Gasteiger partial charge in [-0.05, 0) is 25.7 Å². The molecule has 0 aliphatic carbocycles. The number of rotatable bonds is 31. The van der Waals surface area contributed by atoms with Crippen molar-refractivity contribution in [2.24, 2.45) is 5.73 Å². The molecular formula is C35H69N3O3. The smallest absolute Gasteiger partial charge is 0.245 e. The van der Waals surface area contributed by atoms with E-state index in [1.165, 1.54) is 89.9 Å². The Morgan fingerprint density at radius 2 is 0.902 bits per heavy atom. The molecule has 0 spiro atoms. The Hall–Kier alpha value is -1.59. The third-order valence-corrected chi connectivity index (χ3v) is 8.19. The minimum absolute atomic E-state index is 0.0518. The van der Waals surface area contributed by atoms with Crippen molar-refractivity contribution in [2.45, 2.75) is 194 Å². The van der Waals surface area contributed by atoms with E-state index in [0.29, 0.717) is 19.5 Å². The third-order valence-electron chi connectivity index (χ3n) is 8.19. The summed E-state index contributed by atoms with van der Waals surface area (Å²) in [6.07, 6.45) is 29.0. The van der Waals surface area contributed by atoms with E-state index in [9.17, 15) is 14.4 Å². The van der Waals surface area contributed by atoms with Crippen LogP contribution in [0.4, 0.5) is 0 Å². The molecule has 0 radical (unpaired) electrons. The molecule has 0 rings (SSSR count). The van der Waals surface area contributed by atoms with Gasteiger partial charge in [0.05, 0.1) is 0 Å². The fraction of sp³-hybridized carbons (Fsp3) is 0.914. The van der Waals surface area contributed by atoms with Crippen LogP contribution in [-0.4, -0.2) is 41.8 Å². The summed E-state index contributed by atoms with van der Waals surface area (Å²) >= 11 is 0. The highest BCUT2D eigenvalue weighted by atomic mass is 16.2. The van der Waals surface area contributed by atoms with Gasteiger partial charge in [-0.3, -0.25) is 14.4 Å². The van der Waals surface area contributed by atoms with Crippen LogP contribution in [0.2, 0.25) is 0 Å². The van der Waals surface area contributed by atoms with E-state index in [2.05, 4.69) is 26.1 Å². The van der Waals surface area contributed by atoms with Crippen LogP contribution in [0, 0.1) is 0 Å². The fourth-order valence-electron chi connectivity index (χ4n) is 5.48. The predicted molar refractivity (Wildman–Crippen MR) is 175 cm³/mol. The van der Waals surface area contributed by atoms with Crippen LogP contribution in [0.1, 0.15) is 188 Å². The molecule has 6 heteroatoms. The van der Waals surface area contributed by atoms with Gasteiger partial charge >= 0.3 is 0 Å². The van der Waals surface area contributed by atoms with Gasteiger partial charge in [0, 0.05) is 25.9 Å². The normalized spacial score (nSPS) is 11.9. The lowest BCUT2D eigenvalue weighted by Crippen LogP contribution is -2.49. The Balaban J connectivity index is 4.35. The van der Waals surface area contributed by atoms with E-state index in [0.717, 1.165) is 57.8 Å². The number of nitrogens with two attached hydrogens (primary N) is 1. The van der Waals surface area contributed by atoms with Crippen molar-refractivity contribution >= 4 is 17.7 Å². The van der Waals surface area contributed by atoms with Crippen LogP contribution in [0.25, 0.3) is 0 Å². The largest absolute Gasteiger partial charge is 0.370 e. The number of unbranched alkanes of at least 4 members (excludes halogenated alkanes) is 20. The molecule has 0 aromatic heterocycles. The topological polar surface area (TPSA) is 92.5 Å². The van der Waals surface area contributed by atoms with Crippen molar-refractivity contribution in [3.05, 3.63) is 0 Å². The van der Waals surface area contributed by atoms with Crippen molar-refractivity contribution in [3.8, 4) is 0 Å². The molecule has 0 aromatic rings. The molecule has 0 saturated heterocycles. The maximum atomic E-state index is 13.5. The quantitative estimate of drug-likeness (QED) is 0.0803. The van der Waals surface area contributed by atoms with Gasteiger partial charge in [-0.25, -0.2) is 0 Å². The van der Waals surface area contributed by atoms with Gasteiger partial charge in [0.25, 0.3) is 0 Å². The summed E-state index contributed by atoms with van der Waals surface area (Å²) in [4.78, 5) is 39.7. The Kier molecular flexibility index (Phi) is 28.7. The van der Waals surface area contributed by atoms with Crippen LogP contribution in [-0.2, 0) is 14.4 Å². The minimum Gasteiger partial charge on any atom is -0.370 e. The first-order valence-electron chi connectivity index (χ1n) is 17.8. The molecular weight excluding hydrogens is 510 g/mol. The van der Waals surface area contributed by atoms with Gasteiger partial charge in [0.1, 0.15) is 6.04 Å². The second-order valence-corrected chi connectivity index (χ2v) is 12.3. The predicted octanol–water partition coefficient (Wildman–Crippen LogP) is 8.99. The van der Waals surface area contributed by atoms with Gasteiger partial charge in [-0.1, -0.05) is 149 Å².